The largest absolute Gasteiger partial charge is 0.345 e. The molecule has 6 heteroatoms. The normalized spacial score (nSPS) is 13.9. The highest BCUT2D eigenvalue weighted by molar-refractivity contribution is 5.89. The Hall–Kier alpha value is -1.43. The number of hydrogen-bond donors (Lipinski definition) is 3. The first-order valence-corrected chi connectivity index (χ1v) is 5.65. The van der Waals surface area contributed by atoms with Gasteiger partial charge in [0, 0.05) is 0 Å². The van der Waals surface area contributed by atoms with Crippen molar-refractivity contribution in [3.05, 3.63) is 0 Å². The van der Waals surface area contributed by atoms with Crippen molar-refractivity contribution < 1.29 is 14.4 Å². The summed E-state index contributed by atoms with van der Waals surface area (Å²) < 4.78 is 0. The Kier molecular flexibility index (Phi) is 7.13. The molecule has 0 rings (SSSR count). The summed E-state index contributed by atoms with van der Waals surface area (Å²) in [5, 5.41) is 4.98. The van der Waals surface area contributed by atoms with Gasteiger partial charge in [-0.3, -0.25) is 9.59 Å². The number of amides is 2. The van der Waals surface area contributed by atoms with Gasteiger partial charge < -0.3 is 21.2 Å². The minimum atomic E-state index is -0.694. The van der Waals surface area contributed by atoms with Gasteiger partial charge in [-0.05, 0) is 19.3 Å². The van der Waals surface area contributed by atoms with Crippen molar-refractivity contribution in [2.75, 3.05) is 6.54 Å². The molecule has 4 N–H and O–H groups in total. The van der Waals surface area contributed by atoms with Crippen LogP contribution in [-0.4, -0.2) is 36.7 Å². The van der Waals surface area contributed by atoms with E-state index >= 15 is 0 Å². The van der Waals surface area contributed by atoms with Gasteiger partial charge in [-0.2, -0.15) is 0 Å². The fraction of sp³-hybridized carbons (Fsp3) is 0.727. The molecule has 0 saturated heterocycles. The maximum absolute atomic E-state index is 11.6. The Bertz CT molecular complexity index is 279. The van der Waals surface area contributed by atoms with Crippen LogP contribution in [-0.2, 0) is 14.4 Å². The first kappa shape index (κ1) is 15.6. The van der Waals surface area contributed by atoms with Crippen LogP contribution in [0.1, 0.15) is 27.2 Å². The molecule has 98 valence electrons. The molecular formula is C11H21N3O3. The molecule has 0 aliphatic rings. The van der Waals surface area contributed by atoms with Crippen LogP contribution in [0.5, 0.6) is 0 Å². The maximum atomic E-state index is 11.6. The zero-order valence-electron chi connectivity index (χ0n) is 10.5. The lowest BCUT2D eigenvalue weighted by molar-refractivity contribution is -0.129. The van der Waals surface area contributed by atoms with E-state index in [2.05, 4.69) is 10.6 Å². The van der Waals surface area contributed by atoms with Crippen LogP contribution >= 0.6 is 0 Å². The molecule has 2 atom stereocenters. The molecule has 0 aliphatic carbocycles. The monoisotopic (exact) mass is 243 g/mol. The lowest BCUT2D eigenvalue weighted by Gasteiger charge is -2.18. The van der Waals surface area contributed by atoms with Crippen molar-refractivity contribution in [3.8, 4) is 0 Å². The quantitative estimate of drug-likeness (QED) is 0.508. The van der Waals surface area contributed by atoms with E-state index in [0.717, 1.165) is 0 Å². The number of nitrogens with one attached hydrogen (secondary N) is 2. The SMILES string of the molecule is CC(C)CC(C=O)NC(=O)C(C)NC(=O)CN. The predicted molar refractivity (Wildman–Crippen MR) is 64.1 cm³/mol. The van der Waals surface area contributed by atoms with Gasteiger partial charge in [-0.15, -0.1) is 0 Å². The molecule has 0 bridgehead atoms. The second kappa shape index (κ2) is 7.78. The fourth-order valence-electron chi connectivity index (χ4n) is 1.33. The molecule has 0 aromatic heterocycles. The van der Waals surface area contributed by atoms with Gasteiger partial charge >= 0.3 is 0 Å². The molecule has 0 radical (unpaired) electrons. The van der Waals surface area contributed by atoms with Gasteiger partial charge in [0.15, 0.2) is 0 Å². The molecule has 0 aliphatic heterocycles. The van der Waals surface area contributed by atoms with Crippen molar-refractivity contribution in [3.63, 3.8) is 0 Å². The number of carbonyl (C=O) groups excluding carboxylic acids is 3. The second-order valence-corrected chi connectivity index (χ2v) is 4.37. The van der Waals surface area contributed by atoms with Crippen LogP contribution in [0.4, 0.5) is 0 Å². The Balaban J connectivity index is 4.21. The lowest BCUT2D eigenvalue weighted by atomic mass is 10.0. The van der Waals surface area contributed by atoms with E-state index in [1.54, 1.807) is 6.92 Å². The van der Waals surface area contributed by atoms with E-state index < -0.39 is 18.0 Å². The summed E-state index contributed by atoms with van der Waals surface area (Å²) in [7, 11) is 0. The van der Waals surface area contributed by atoms with Crippen molar-refractivity contribution in [1.29, 1.82) is 0 Å². The molecule has 0 saturated carbocycles. The summed E-state index contributed by atoms with van der Waals surface area (Å²) >= 11 is 0. The summed E-state index contributed by atoms with van der Waals surface area (Å²) in [5.74, 6) is -0.483. The Morgan fingerprint density at radius 2 is 1.82 bits per heavy atom. The number of hydrogen-bond acceptors (Lipinski definition) is 4. The molecule has 0 aromatic rings. The first-order chi connectivity index (χ1) is 7.90. The van der Waals surface area contributed by atoms with Gasteiger partial charge in [0.25, 0.3) is 0 Å². The van der Waals surface area contributed by atoms with Crippen LogP contribution in [0.25, 0.3) is 0 Å². The lowest BCUT2D eigenvalue weighted by Crippen LogP contribution is -2.50. The van der Waals surface area contributed by atoms with Crippen molar-refractivity contribution in [2.45, 2.75) is 39.3 Å². The Morgan fingerprint density at radius 1 is 1.24 bits per heavy atom. The van der Waals surface area contributed by atoms with Gasteiger partial charge in [-0.25, -0.2) is 0 Å². The van der Waals surface area contributed by atoms with Crippen LogP contribution in [0, 0.1) is 5.92 Å². The van der Waals surface area contributed by atoms with E-state index in [-0.39, 0.29) is 12.5 Å². The Labute approximate surface area is 101 Å². The van der Waals surface area contributed by atoms with E-state index in [4.69, 9.17) is 5.73 Å². The highest BCUT2D eigenvalue weighted by atomic mass is 16.2. The standard InChI is InChI=1S/C11H21N3O3/c1-7(2)4-9(6-15)14-11(17)8(3)13-10(16)5-12/h6-9H,4-5,12H2,1-3H3,(H,13,16)(H,14,17). The highest BCUT2D eigenvalue weighted by Crippen LogP contribution is 2.02. The van der Waals surface area contributed by atoms with Crippen molar-refractivity contribution >= 4 is 18.1 Å². The van der Waals surface area contributed by atoms with Gasteiger partial charge in [0.05, 0.1) is 12.6 Å². The van der Waals surface area contributed by atoms with E-state index in [9.17, 15) is 14.4 Å². The summed E-state index contributed by atoms with van der Waals surface area (Å²) in [6, 6.07) is -1.21. The van der Waals surface area contributed by atoms with E-state index in [1.165, 1.54) is 0 Å². The maximum Gasteiger partial charge on any atom is 0.242 e. The summed E-state index contributed by atoms with van der Waals surface area (Å²) in [4.78, 5) is 33.3. The minimum Gasteiger partial charge on any atom is -0.345 e. The average molecular weight is 243 g/mol. The average Bonchev–Trinajstić information content (AvgIpc) is 2.26. The van der Waals surface area contributed by atoms with Gasteiger partial charge in [-0.1, -0.05) is 13.8 Å². The molecule has 0 spiro atoms. The molecule has 0 aromatic carbocycles. The molecule has 2 amide bonds. The first-order valence-electron chi connectivity index (χ1n) is 5.65. The van der Waals surface area contributed by atoms with Crippen LogP contribution < -0.4 is 16.4 Å². The van der Waals surface area contributed by atoms with Crippen LogP contribution in [0.2, 0.25) is 0 Å². The fourth-order valence-corrected chi connectivity index (χ4v) is 1.33. The number of rotatable bonds is 7. The predicted octanol–water partition coefficient (Wildman–Crippen LogP) is -0.820. The highest BCUT2D eigenvalue weighted by Gasteiger charge is 2.19. The van der Waals surface area contributed by atoms with Gasteiger partial charge in [0.1, 0.15) is 12.3 Å². The molecule has 6 nitrogen and oxygen atoms in total. The third kappa shape index (κ3) is 6.68. The molecule has 2 unspecified atom stereocenters. The minimum absolute atomic E-state index is 0.166. The number of nitrogens with two attached hydrogens (primary N) is 1. The van der Waals surface area contributed by atoms with Crippen molar-refractivity contribution in [1.82, 2.24) is 10.6 Å². The van der Waals surface area contributed by atoms with Crippen LogP contribution in [0.3, 0.4) is 0 Å². The molecular weight excluding hydrogens is 222 g/mol. The number of carbonyl (C=O) groups is 3. The van der Waals surface area contributed by atoms with Gasteiger partial charge in [0.2, 0.25) is 11.8 Å². The third-order valence-electron chi connectivity index (χ3n) is 2.17. The third-order valence-corrected chi connectivity index (χ3v) is 2.17. The molecule has 0 fully saturated rings. The van der Waals surface area contributed by atoms with E-state index in [1.807, 2.05) is 13.8 Å². The summed E-state index contributed by atoms with van der Waals surface area (Å²) in [6.07, 6.45) is 1.28. The number of aldehydes is 1. The van der Waals surface area contributed by atoms with Crippen LogP contribution in [0.15, 0.2) is 0 Å². The summed E-state index contributed by atoms with van der Waals surface area (Å²) in [6.45, 7) is 5.30. The van der Waals surface area contributed by atoms with Crippen molar-refractivity contribution in [2.24, 2.45) is 11.7 Å². The smallest absolute Gasteiger partial charge is 0.242 e. The molecule has 0 heterocycles. The molecule has 17 heavy (non-hydrogen) atoms. The van der Waals surface area contributed by atoms with E-state index in [0.29, 0.717) is 18.6 Å². The Morgan fingerprint density at radius 3 is 2.24 bits per heavy atom. The zero-order chi connectivity index (χ0) is 13.4. The zero-order valence-corrected chi connectivity index (χ0v) is 10.5. The summed E-state index contributed by atoms with van der Waals surface area (Å²) in [5.41, 5.74) is 5.11. The topological polar surface area (TPSA) is 101 Å². The second-order valence-electron chi connectivity index (χ2n) is 4.37.